The van der Waals surface area contributed by atoms with E-state index in [1.807, 2.05) is 0 Å². The summed E-state index contributed by atoms with van der Waals surface area (Å²) in [5, 5.41) is 4.39. The second-order valence-corrected chi connectivity index (χ2v) is 4.59. The average Bonchev–Trinajstić information content (AvgIpc) is 2.42. The summed E-state index contributed by atoms with van der Waals surface area (Å²) in [4.78, 5) is 11.7. The minimum absolute atomic E-state index is 0.144. The maximum Gasteiger partial charge on any atom is 0.418 e. The van der Waals surface area contributed by atoms with E-state index in [9.17, 15) is 22.4 Å². The first-order valence-electron chi connectivity index (χ1n) is 6.28. The standard InChI is InChI=1S/C15H12F4N2O/c1-9-6-7-10(8-12(9)16)20-14(22)21-13-5-3-2-4-11(13)15(17,18)19/h2-8H,1H3,(H2,20,21,22). The van der Waals surface area contributed by atoms with Gasteiger partial charge in [-0.1, -0.05) is 18.2 Å². The van der Waals surface area contributed by atoms with Gasteiger partial charge < -0.3 is 10.6 Å². The van der Waals surface area contributed by atoms with Gasteiger partial charge in [0.25, 0.3) is 0 Å². The van der Waals surface area contributed by atoms with Crippen molar-refractivity contribution >= 4 is 17.4 Å². The van der Waals surface area contributed by atoms with Crippen LogP contribution in [0.1, 0.15) is 11.1 Å². The van der Waals surface area contributed by atoms with E-state index in [4.69, 9.17) is 0 Å². The number of anilines is 2. The molecule has 0 atom stereocenters. The molecule has 2 amide bonds. The number of para-hydroxylation sites is 1. The molecule has 0 spiro atoms. The van der Waals surface area contributed by atoms with Crippen LogP contribution in [0, 0.1) is 12.7 Å². The van der Waals surface area contributed by atoms with Gasteiger partial charge in [-0.2, -0.15) is 13.2 Å². The summed E-state index contributed by atoms with van der Waals surface area (Å²) in [6.07, 6.45) is -4.58. The van der Waals surface area contributed by atoms with Crippen LogP contribution in [0.2, 0.25) is 0 Å². The highest BCUT2D eigenvalue weighted by Crippen LogP contribution is 2.34. The first-order chi connectivity index (χ1) is 10.3. The van der Waals surface area contributed by atoms with Crippen molar-refractivity contribution in [3.05, 3.63) is 59.4 Å². The minimum Gasteiger partial charge on any atom is -0.308 e. The van der Waals surface area contributed by atoms with Gasteiger partial charge in [0, 0.05) is 5.69 Å². The molecule has 0 aliphatic rings. The molecule has 3 nitrogen and oxygen atoms in total. The van der Waals surface area contributed by atoms with Crippen molar-refractivity contribution < 1.29 is 22.4 Å². The SMILES string of the molecule is Cc1ccc(NC(=O)Nc2ccccc2C(F)(F)F)cc1F. The normalized spacial score (nSPS) is 11.1. The fourth-order valence-corrected chi connectivity index (χ4v) is 1.79. The first kappa shape index (κ1) is 15.8. The van der Waals surface area contributed by atoms with Crippen molar-refractivity contribution in [3.8, 4) is 0 Å². The van der Waals surface area contributed by atoms with E-state index in [0.29, 0.717) is 5.56 Å². The lowest BCUT2D eigenvalue weighted by atomic mass is 10.1. The molecule has 2 aromatic rings. The van der Waals surface area contributed by atoms with Gasteiger partial charge in [-0.3, -0.25) is 0 Å². The number of nitrogens with one attached hydrogen (secondary N) is 2. The van der Waals surface area contributed by atoms with E-state index in [2.05, 4.69) is 10.6 Å². The molecule has 0 aromatic heterocycles. The first-order valence-corrected chi connectivity index (χ1v) is 6.28. The summed E-state index contributed by atoms with van der Waals surface area (Å²) in [6.45, 7) is 1.55. The molecule has 2 aromatic carbocycles. The van der Waals surface area contributed by atoms with Crippen LogP contribution >= 0.6 is 0 Å². The van der Waals surface area contributed by atoms with Gasteiger partial charge in [0.05, 0.1) is 11.3 Å². The zero-order chi connectivity index (χ0) is 16.3. The van der Waals surface area contributed by atoms with E-state index >= 15 is 0 Å². The van der Waals surface area contributed by atoms with Gasteiger partial charge in [-0.15, -0.1) is 0 Å². The van der Waals surface area contributed by atoms with Crippen molar-refractivity contribution in [2.75, 3.05) is 10.6 Å². The van der Waals surface area contributed by atoms with Crippen LogP contribution in [-0.2, 0) is 6.18 Å². The molecule has 0 unspecified atom stereocenters. The molecule has 7 heteroatoms. The monoisotopic (exact) mass is 312 g/mol. The highest BCUT2D eigenvalue weighted by atomic mass is 19.4. The number of hydrogen-bond acceptors (Lipinski definition) is 1. The zero-order valence-corrected chi connectivity index (χ0v) is 11.5. The molecule has 2 N–H and O–H groups in total. The summed E-state index contributed by atoms with van der Waals surface area (Å²) >= 11 is 0. The maximum absolute atomic E-state index is 13.4. The summed E-state index contributed by atoms with van der Waals surface area (Å²) in [7, 11) is 0. The van der Waals surface area contributed by atoms with Crippen LogP contribution in [-0.4, -0.2) is 6.03 Å². The Morgan fingerprint density at radius 2 is 1.73 bits per heavy atom. The Morgan fingerprint density at radius 1 is 1.05 bits per heavy atom. The number of hydrogen-bond donors (Lipinski definition) is 2. The number of carbonyl (C=O) groups is 1. The predicted molar refractivity (Wildman–Crippen MR) is 75.2 cm³/mol. The lowest BCUT2D eigenvalue weighted by Crippen LogP contribution is -2.21. The van der Waals surface area contributed by atoms with E-state index in [0.717, 1.165) is 18.2 Å². The van der Waals surface area contributed by atoms with E-state index < -0.39 is 23.6 Å². The molecule has 116 valence electrons. The third-order valence-electron chi connectivity index (χ3n) is 2.91. The molecule has 0 bridgehead atoms. The highest BCUT2D eigenvalue weighted by molar-refractivity contribution is 6.00. The zero-order valence-electron chi connectivity index (χ0n) is 11.5. The lowest BCUT2D eigenvalue weighted by Gasteiger charge is -2.14. The van der Waals surface area contributed by atoms with Crippen molar-refractivity contribution in [1.29, 1.82) is 0 Å². The number of carbonyl (C=O) groups excluding carboxylic acids is 1. The maximum atomic E-state index is 13.4. The van der Waals surface area contributed by atoms with Gasteiger partial charge in [0.15, 0.2) is 0 Å². The molecular weight excluding hydrogens is 300 g/mol. The Balaban J connectivity index is 2.14. The second kappa shape index (κ2) is 6.05. The average molecular weight is 312 g/mol. The van der Waals surface area contributed by atoms with Crippen molar-refractivity contribution in [1.82, 2.24) is 0 Å². The number of halogens is 4. The van der Waals surface area contributed by atoms with Crippen LogP contribution in [0.4, 0.5) is 33.7 Å². The molecule has 0 aliphatic heterocycles. The fraction of sp³-hybridized carbons (Fsp3) is 0.133. The topological polar surface area (TPSA) is 41.1 Å². The second-order valence-electron chi connectivity index (χ2n) is 4.59. The third kappa shape index (κ3) is 3.75. The predicted octanol–water partition coefficient (Wildman–Crippen LogP) is 4.80. The lowest BCUT2D eigenvalue weighted by molar-refractivity contribution is -0.136. The number of urea groups is 1. The van der Waals surface area contributed by atoms with E-state index in [-0.39, 0.29) is 11.4 Å². The Bertz CT molecular complexity index is 698. The molecular formula is C15H12F4N2O. The Kier molecular flexibility index (Phi) is 4.35. The number of alkyl halides is 3. The highest BCUT2D eigenvalue weighted by Gasteiger charge is 2.33. The summed E-state index contributed by atoms with van der Waals surface area (Å²) in [5.74, 6) is -0.520. The Morgan fingerprint density at radius 3 is 2.36 bits per heavy atom. The van der Waals surface area contributed by atoms with Crippen molar-refractivity contribution in [3.63, 3.8) is 0 Å². The fourth-order valence-electron chi connectivity index (χ4n) is 1.79. The van der Waals surface area contributed by atoms with Gasteiger partial charge in [0.1, 0.15) is 5.82 Å². The molecule has 0 aliphatic carbocycles. The van der Waals surface area contributed by atoms with E-state index in [1.165, 1.54) is 24.3 Å². The van der Waals surface area contributed by atoms with Crippen LogP contribution in [0.15, 0.2) is 42.5 Å². The summed E-state index contributed by atoms with van der Waals surface area (Å²) < 4.78 is 51.8. The van der Waals surface area contributed by atoms with Crippen LogP contribution in [0.25, 0.3) is 0 Å². The van der Waals surface area contributed by atoms with Gasteiger partial charge in [0.2, 0.25) is 0 Å². The molecule has 0 saturated carbocycles. The quantitative estimate of drug-likeness (QED) is 0.769. The summed E-state index contributed by atoms with van der Waals surface area (Å²) in [6, 6.07) is 7.70. The van der Waals surface area contributed by atoms with Crippen LogP contribution < -0.4 is 10.6 Å². The van der Waals surface area contributed by atoms with Crippen molar-refractivity contribution in [2.24, 2.45) is 0 Å². The van der Waals surface area contributed by atoms with Crippen molar-refractivity contribution in [2.45, 2.75) is 13.1 Å². The molecule has 22 heavy (non-hydrogen) atoms. The molecule has 0 saturated heterocycles. The molecule has 0 heterocycles. The summed E-state index contributed by atoms with van der Waals surface area (Å²) in [5.41, 5.74) is -0.793. The van der Waals surface area contributed by atoms with Gasteiger partial charge in [-0.25, -0.2) is 9.18 Å². The molecule has 0 fully saturated rings. The van der Waals surface area contributed by atoms with Crippen LogP contribution in [0.5, 0.6) is 0 Å². The van der Waals surface area contributed by atoms with Gasteiger partial charge in [-0.05, 0) is 36.8 Å². The smallest absolute Gasteiger partial charge is 0.308 e. The number of benzene rings is 2. The number of amides is 2. The third-order valence-corrected chi connectivity index (χ3v) is 2.91. The Hall–Kier alpha value is -2.57. The molecule has 0 radical (unpaired) electrons. The minimum atomic E-state index is -4.58. The Labute approximate surface area is 124 Å². The van der Waals surface area contributed by atoms with E-state index in [1.54, 1.807) is 6.92 Å². The van der Waals surface area contributed by atoms with Crippen LogP contribution in [0.3, 0.4) is 0 Å². The number of aryl methyl sites for hydroxylation is 1. The molecule has 2 rings (SSSR count). The van der Waals surface area contributed by atoms with Gasteiger partial charge >= 0.3 is 12.2 Å². The number of rotatable bonds is 2. The largest absolute Gasteiger partial charge is 0.418 e.